The number of hydrogen-bond donors (Lipinski definition) is 1. The molecule has 2 aromatic rings. The molecule has 19 heavy (non-hydrogen) atoms. The molecule has 0 amide bonds. The van der Waals surface area contributed by atoms with E-state index < -0.39 is 0 Å². The summed E-state index contributed by atoms with van der Waals surface area (Å²) in [6.45, 7) is 3.21. The Labute approximate surface area is 123 Å². The summed E-state index contributed by atoms with van der Waals surface area (Å²) in [5, 5.41) is 3.62. The molecule has 1 aromatic carbocycles. The van der Waals surface area contributed by atoms with Gasteiger partial charge in [-0.15, -0.1) is 0 Å². The van der Waals surface area contributed by atoms with Crippen LogP contribution in [0, 0.1) is 0 Å². The van der Waals surface area contributed by atoms with Gasteiger partial charge in [0, 0.05) is 22.9 Å². The summed E-state index contributed by atoms with van der Waals surface area (Å²) in [7, 11) is 0. The fraction of sp³-hybridized carbons (Fsp3) is 0.312. The summed E-state index contributed by atoms with van der Waals surface area (Å²) >= 11 is 3.65. The van der Waals surface area contributed by atoms with Gasteiger partial charge in [-0.25, -0.2) is 0 Å². The number of aromatic nitrogens is 1. The number of hydrogen-bond acceptors (Lipinski definition) is 2. The Morgan fingerprint density at radius 2 is 2.05 bits per heavy atom. The molecule has 2 nitrogen and oxygen atoms in total. The zero-order valence-electron chi connectivity index (χ0n) is 11.1. The van der Waals surface area contributed by atoms with Gasteiger partial charge in [0.1, 0.15) is 0 Å². The molecular formula is C16H19BrN2. The van der Waals surface area contributed by atoms with E-state index in [4.69, 9.17) is 0 Å². The highest BCUT2D eigenvalue weighted by Gasteiger charge is 2.14. The van der Waals surface area contributed by atoms with Crippen LogP contribution in [-0.2, 0) is 6.42 Å². The van der Waals surface area contributed by atoms with E-state index in [1.165, 1.54) is 11.1 Å². The molecule has 0 aliphatic rings. The van der Waals surface area contributed by atoms with E-state index in [9.17, 15) is 0 Å². The van der Waals surface area contributed by atoms with Crippen molar-refractivity contribution in [1.29, 1.82) is 0 Å². The van der Waals surface area contributed by atoms with Crippen molar-refractivity contribution in [2.24, 2.45) is 0 Å². The fourth-order valence-corrected chi connectivity index (χ4v) is 2.68. The molecule has 0 aliphatic carbocycles. The summed E-state index contributed by atoms with van der Waals surface area (Å²) in [4.78, 5) is 4.19. The molecule has 0 saturated heterocycles. The third-order valence-electron chi connectivity index (χ3n) is 3.08. The minimum Gasteiger partial charge on any atom is -0.310 e. The minimum absolute atomic E-state index is 0.319. The van der Waals surface area contributed by atoms with Crippen LogP contribution in [-0.4, -0.2) is 11.5 Å². The average molecular weight is 319 g/mol. The second-order valence-electron chi connectivity index (χ2n) is 4.59. The number of nitrogens with one attached hydrogen (secondary N) is 1. The lowest BCUT2D eigenvalue weighted by atomic mass is 10.00. The second kappa shape index (κ2) is 7.41. The van der Waals surface area contributed by atoms with Crippen LogP contribution in [0.3, 0.4) is 0 Å². The van der Waals surface area contributed by atoms with Crippen molar-refractivity contribution in [3.8, 4) is 0 Å². The predicted molar refractivity (Wildman–Crippen MR) is 83.1 cm³/mol. The first-order chi connectivity index (χ1) is 9.31. The predicted octanol–water partition coefficient (Wildman–Crippen LogP) is 4.13. The van der Waals surface area contributed by atoms with Gasteiger partial charge in [0.05, 0.1) is 0 Å². The highest BCUT2D eigenvalue weighted by Crippen LogP contribution is 2.25. The first-order valence-corrected chi connectivity index (χ1v) is 7.47. The number of rotatable bonds is 6. The van der Waals surface area contributed by atoms with Gasteiger partial charge in [-0.3, -0.25) is 4.98 Å². The van der Waals surface area contributed by atoms with Gasteiger partial charge in [-0.1, -0.05) is 47.1 Å². The van der Waals surface area contributed by atoms with Crippen molar-refractivity contribution in [3.05, 3.63) is 64.4 Å². The van der Waals surface area contributed by atoms with Crippen molar-refractivity contribution in [2.75, 3.05) is 6.54 Å². The zero-order chi connectivity index (χ0) is 13.5. The molecule has 0 fully saturated rings. The zero-order valence-corrected chi connectivity index (χ0v) is 12.7. The number of nitrogens with zero attached hydrogens (tertiary/aromatic N) is 1. The summed E-state index contributed by atoms with van der Waals surface area (Å²) in [6.07, 6.45) is 5.85. The third-order valence-corrected chi connectivity index (χ3v) is 3.81. The minimum atomic E-state index is 0.319. The lowest BCUT2D eigenvalue weighted by molar-refractivity contribution is 0.527. The summed E-state index contributed by atoms with van der Waals surface area (Å²) in [6, 6.07) is 12.8. The van der Waals surface area contributed by atoms with Gasteiger partial charge in [0.15, 0.2) is 0 Å². The maximum absolute atomic E-state index is 4.19. The van der Waals surface area contributed by atoms with E-state index in [0.29, 0.717) is 6.04 Å². The largest absolute Gasteiger partial charge is 0.310 e. The van der Waals surface area contributed by atoms with E-state index in [1.807, 2.05) is 18.5 Å². The molecule has 3 heteroatoms. The first-order valence-electron chi connectivity index (χ1n) is 6.68. The lowest BCUT2D eigenvalue weighted by Crippen LogP contribution is -2.24. The summed E-state index contributed by atoms with van der Waals surface area (Å²) in [5.41, 5.74) is 2.56. The van der Waals surface area contributed by atoms with Gasteiger partial charge in [0.2, 0.25) is 0 Å². The van der Waals surface area contributed by atoms with Crippen LogP contribution in [0.4, 0.5) is 0 Å². The van der Waals surface area contributed by atoms with Gasteiger partial charge >= 0.3 is 0 Å². The Hall–Kier alpha value is -1.19. The second-order valence-corrected chi connectivity index (χ2v) is 5.45. The molecular weight excluding hydrogens is 300 g/mol. The molecule has 1 heterocycles. The fourth-order valence-electron chi connectivity index (χ4n) is 2.12. The monoisotopic (exact) mass is 318 g/mol. The molecule has 1 atom stereocenters. The highest BCUT2D eigenvalue weighted by molar-refractivity contribution is 9.10. The third kappa shape index (κ3) is 4.15. The van der Waals surface area contributed by atoms with Crippen LogP contribution < -0.4 is 5.32 Å². The van der Waals surface area contributed by atoms with Crippen molar-refractivity contribution >= 4 is 15.9 Å². The molecule has 100 valence electrons. The highest BCUT2D eigenvalue weighted by atomic mass is 79.9. The Morgan fingerprint density at radius 1 is 1.21 bits per heavy atom. The quantitative estimate of drug-likeness (QED) is 0.866. The molecule has 0 spiro atoms. The average Bonchev–Trinajstić information content (AvgIpc) is 2.45. The van der Waals surface area contributed by atoms with E-state index in [2.05, 4.69) is 63.5 Å². The Bertz CT molecular complexity index is 499. The van der Waals surface area contributed by atoms with Crippen LogP contribution >= 0.6 is 15.9 Å². The molecule has 1 unspecified atom stereocenters. The van der Waals surface area contributed by atoms with E-state index in [1.54, 1.807) is 0 Å². The van der Waals surface area contributed by atoms with Crippen LogP contribution in [0.1, 0.15) is 30.5 Å². The lowest BCUT2D eigenvalue weighted by Gasteiger charge is -2.20. The topological polar surface area (TPSA) is 24.9 Å². The Balaban J connectivity index is 2.19. The molecule has 0 radical (unpaired) electrons. The van der Waals surface area contributed by atoms with Crippen molar-refractivity contribution in [1.82, 2.24) is 10.3 Å². The standard InChI is InChI=1S/C16H19BrN2/c1-2-9-19-16(11-13-6-5-10-18-12-13)14-7-3-4-8-15(14)17/h3-8,10,12,16,19H,2,9,11H2,1H3. The Kier molecular flexibility index (Phi) is 5.55. The van der Waals surface area contributed by atoms with Crippen molar-refractivity contribution in [2.45, 2.75) is 25.8 Å². The van der Waals surface area contributed by atoms with Crippen LogP contribution in [0.15, 0.2) is 53.3 Å². The molecule has 2 rings (SSSR count). The molecule has 1 N–H and O–H groups in total. The number of halogens is 1. The van der Waals surface area contributed by atoms with Crippen molar-refractivity contribution < 1.29 is 0 Å². The molecule has 0 aliphatic heterocycles. The number of benzene rings is 1. The van der Waals surface area contributed by atoms with Crippen molar-refractivity contribution in [3.63, 3.8) is 0 Å². The van der Waals surface area contributed by atoms with E-state index >= 15 is 0 Å². The van der Waals surface area contributed by atoms with Crippen LogP contribution in [0.25, 0.3) is 0 Å². The maximum Gasteiger partial charge on any atom is 0.0372 e. The van der Waals surface area contributed by atoms with Gasteiger partial charge in [-0.2, -0.15) is 0 Å². The Morgan fingerprint density at radius 3 is 2.74 bits per heavy atom. The van der Waals surface area contributed by atoms with Crippen LogP contribution in [0.5, 0.6) is 0 Å². The van der Waals surface area contributed by atoms with Gasteiger partial charge in [0.25, 0.3) is 0 Å². The SMILES string of the molecule is CCCNC(Cc1cccnc1)c1ccccc1Br. The van der Waals surface area contributed by atoms with Gasteiger partial charge in [-0.05, 0) is 42.6 Å². The number of pyridine rings is 1. The first kappa shape index (κ1) is 14.2. The maximum atomic E-state index is 4.19. The van der Waals surface area contributed by atoms with E-state index in [0.717, 1.165) is 23.9 Å². The van der Waals surface area contributed by atoms with Crippen LogP contribution in [0.2, 0.25) is 0 Å². The van der Waals surface area contributed by atoms with Gasteiger partial charge < -0.3 is 5.32 Å². The molecule has 0 saturated carbocycles. The summed E-state index contributed by atoms with van der Waals surface area (Å²) in [5.74, 6) is 0. The van der Waals surface area contributed by atoms with E-state index in [-0.39, 0.29) is 0 Å². The normalized spacial score (nSPS) is 12.3. The smallest absolute Gasteiger partial charge is 0.0372 e. The molecule has 0 bridgehead atoms. The summed E-state index contributed by atoms with van der Waals surface area (Å²) < 4.78 is 1.16. The molecule has 1 aromatic heterocycles.